The van der Waals surface area contributed by atoms with Crippen LogP contribution in [-0.4, -0.2) is 25.7 Å². The van der Waals surface area contributed by atoms with E-state index < -0.39 is 10.0 Å². The minimum absolute atomic E-state index is 0.000288. The van der Waals surface area contributed by atoms with Crippen molar-refractivity contribution in [3.63, 3.8) is 0 Å². The van der Waals surface area contributed by atoms with Crippen LogP contribution in [0.3, 0.4) is 0 Å². The van der Waals surface area contributed by atoms with Crippen molar-refractivity contribution in [1.29, 1.82) is 0 Å². The predicted molar refractivity (Wildman–Crippen MR) is 65.9 cm³/mol. The Labute approximate surface area is 102 Å². The fraction of sp³-hybridized carbons (Fsp3) is 0.250. The molecule has 1 aromatic rings. The number of benzene rings is 1. The van der Waals surface area contributed by atoms with Gasteiger partial charge in [-0.3, -0.25) is 4.79 Å². The largest absolute Gasteiger partial charge is 0.278 e. The Hall–Kier alpha value is -1.62. The van der Waals surface area contributed by atoms with E-state index in [1.807, 2.05) is 6.92 Å². The summed E-state index contributed by atoms with van der Waals surface area (Å²) in [5, 5.41) is 0. The molecule has 1 aromatic carbocycles. The average Bonchev–Trinajstić information content (AvgIpc) is 2.26. The Kier molecular flexibility index (Phi) is 4.07. The summed E-state index contributed by atoms with van der Waals surface area (Å²) in [5.74, 6) is 0. The van der Waals surface area contributed by atoms with E-state index in [9.17, 15) is 13.2 Å². The Morgan fingerprint density at radius 3 is 2.29 bits per heavy atom. The van der Waals surface area contributed by atoms with Crippen LogP contribution in [0.15, 0.2) is 41.3 Å². The number of hydrogen-bond donors (Lipinski definition) is 0. The van der Waals surface area contributed by atoms with E-state index >= 15 is 0 Å². The fourth-order valence-electron chi connectivity index (χ4n) is 1.29. The molecular formula is C12H15NO3S. The van der Waals surface area contributed by atoms with Gasteiger partial charge in [0.2, 0.25) is 6.41 Å². The first-order valence-electron chi connectivity index (χ1n) is 5.06. The van der Waals surface area contributed by atoms with Crippen LogP contribution >= 0.6 is 0 Å². The van der Waals surface area contributed by atoms with Crippen molar-refractivity contribution >= 4 is 16.4 Å². The predicted octanol–water partition coefficient (Wildman–Crippen LogP) is 1.72. The van der Waals surface area contributed by atoms with Crippen molar-refractivity contribution in [1.82, 2.24) is 4.31 Å². The van der Waals surface area contributed by atoms with E-state index in [2.05, 4.69) is 6.58 Å². The molecular weight excluding hydrogens is 238 g/mol. The van der Waals surface area contributed by atoms with Crippen LogP contribution in [0.1, 0.15) is 12.5 Å². The Morgan fingerprint density at radius 1 is 1.35 bits per heavy atom. The monoisotopic (exact) mass is 253 g/mol. The molecule has 0 N–H and O–H groups in total. The third-order valence-corrected chi connectivity index (χ3v) is 3.87. The van der Waals surface area contributed by atoms with Crippen LogP contribution < -0.4 is 0 Å². The molecule has 0 aliphatic carbocycles. The van der Waals surface area contributed by atoms with Gasteiger partial charge in [-0.25, -0.2) is 12.7 Å². The van der Waals surface area contributed by atoms with E-state index in [1.54, 1.807) is 19.1 Å². The lowest BCUT2D eigenvalue weighted by atomic mass is 10.2. The van der Waals surface area contributed by atoms with Crippen molar-refractivity contribution in [2.45, 2.75) is 18.7 Å². The van der Waals surface area contributed by atoms with Gasteiger partial charge < -0.3 is 0 Å². The number of aryl methyl sites for hydroxylation is 1. The lowest BCUT2D eigenvalue weighted by molar-refractivity contribution is -0.113. The van der Waals surface area contributed by atoms with E-state index in [1.165, 1.54) is 12.1 Å². The van der Waals surface area contributed by atoms with Gasteiger partial charge in [0.1, 0.15) is 0 Å². The van der Waals surface area contributed by atoms with Crippen molar-refractivity contribution < 1.29 is 13.2 Å². The second-order valence-electron chi connectivity index (χ2n) is 3.93. The lowest BCUT2D eigenvalue weighted by Crippen LogP contribution is -2.31. The molecule has 0 aromatic heterocycles. The highest BCUT2D eigenvalue weighted by Gasteiger charge is 2.22. The topological polar surface area (TPSA) is 54.5 Å². The fourth-order valence-corrected chi connectivity index (χ4v) is 2.55. The first kappa shape index (κ1) is 13.4. The summed E-state index contributed by atoms with van der Waals surface area (Å²) >= 11 is 0. The number of carbonyl (C=O) groups is 1. The van der Waals surface area contributed by atoms with Crippen molar-refractivity contribution in [2.24, 2.45) is 0 Å². The molecule has 0 saturated carbocycles. The number of hydrogen-bond acceptors (Lipinski definition) is 3. The molecule has 0 atom stereocenters. The summed E-state index contributed by atoms with van der Waals surface area (Å²) in [7, 11) is -3.76. The minimum Gasteiger partial charge on any atom is -0.278 e. The van der Waals surface area contributed by atoms with E-state index in [-0.39, 0.29) is 11.4 Å². The van der Waals surface area contributed by atoms with E-state index in [4.69, 9.17) is 0 Å². The highest BCUT2D eigenvalue weighted by Crippen LogP contribution is 2.15. The molecule has 0 spiro atoms. The maximum atomic E-state index is 12.1. The lowest BCUT2D eigenvalue weighted by Gasteiger charge is -2.17. The van der Waals surface area contributed by atoms with Crippen molar-refractivity contribution in [2.75, 3.05) is 6.54 Å². The molecule has 92 valence electrons. The molecule has 4 nitrogen and oxygen atoms in total. The second kappa shape index (κ2) is 5.14. The molecule has 0 aliphatic rings. The molecule has 1 rings (SSSR count). The standard InChI is InChI=1S/C12H15NO3S/c1-10(2)8-13(9-14)17(15,16)12-6-4-11(3)5-7-12/h4-7,9H,1,8H2,2-3H3. The third-order valence-electron chi connectivity index (χ3n) is 2.17. The number of sulfonamides is 1. The van der Waals surface area contributed by atoms with Gasteiger partial charge in [-0.05, 0) is 26.0 Å². The molecule has 0 aliphatic heterocycles. The van der Waals surface area contributed by atoms with Crippen LogP contribution in [0.4, 0.5) is 0 Å². The highest BCUT2D eigenvalue weighted by molar-refractivity contribution is 7.89. The van der Waals surface area contributed by atoms with Crippen molar-refractivity contribution in [3.05, 3.63) is 42.0 Å². The van der Waals surface area contributed by atoms with Crippen LogP contribution in [-0.2, 0) is 14.8 Å². The van der Waals surface area contributed by atoms with Gasteiger partial charge in [-0.15, -0.1) is 0 Å². The smallest absolute Gasteiger partial charge is 0.266 e. The quantitative estimate of drug-likeness (QED) is 0.593. The molecule has 0 unspecified atom stereocenters. The van der Waals surface area contributed by atoms with Crippen molar-refractivity contribution in [3.8, 4) is 0 Å². The normalized spacial score (nSPS) is 10.9. The number of carbonyl (C=O) groups excluding carboxylic acids is 1. The molecule has 0 saturated heterocycles. The maximum absolute atomic E-state index is 12.1. The second-order valence-corrected chi connectivity index (χ2v) is 5.82. The summed E-state index contributed by atoms with van der Waals surface area (Å²) in [6, 6.07) is 6.35. The van der Waals surface area contributed by atoms with Crippen LogP contribution in [0.25, 0.3) is 0 Å². The van der Waals surface area contributed by atoms with Gasteiger partial charge >= 0.3 is 0 Å². The van der Waals surface area contributed by atoms with Gasteiger partial charge in [-0.2, -0.15) is 0 Å². The van der Waals surface area contributed by atoms with Gasteiger partial charge in [0.05, 0.1) is 11.4 Å². The zero-order valence-electron chi connectivity index (χ0n) is 9.88. The summed E-state index contributed by atoms with van der Waals surface area (Å²) < 4.78 is 24.9. The molecule has 17 heavy (non-hydrogen) atoms. The number of rotatable bonds is 5. The molecule has 0 fully saturated rings. The average molecular weight is 253 g/mol. The summed E-state index contributed by atoms with van der Waals surface area (Å²) in [6.45, 7) is 7.13. The molecule has 1 amide bonds. The molecule has 0 heterocycles. The van der Waals surface area contributed by atoms with Crippen LogP contribution in [0.5, 0.6) is 0 Å². The van der Waals surface area contributed by atoms with E-state index in [0.717, 1.165) is 9.87 Å². The first-order valence-corrected chi connectivity index (χ1v) is 6.50. The highest BCUT2D eigenvalue weighted by atomic mass is 32.2. The minimum atomic E-state index is -3.76. The first-order chi connectivity index (χ1) is 7.87. The zero-order valence-corrected chi connectivity index (χ0v) is 10.7. The summed E-state index contributed by atoms with van der Waals surface area (Å²) in [4.78, 5) is 10.9. The maximum Gasteiger partial charge on any atom is 0.266 e. The number of nitrogens with zero attached hydrogens (tertiary/aromatic N) is 1. The summed E-state index contributed by atoms with van der Waals surface area (Å²) in [5.41, 5.74) is 1.56. The molecule has 0 radical (unpaired) electrons. The number of amides is 1. The van der Waals surface area contributed by atoms with E-state index in [0.29, 0.717) is 12.0 Å². The van der Waals surface area contributed by atoms with Gasteiger partial charge in [0, 0.05) is 0 Å². The Morgan fingerprint density at radius 2 is 1.88 bits per heavy atom. The van der Waals surface area contributed by atoms with Crippen LogP contribution in [0, 0.1) is 6.92 Å². The summed E-state index contributed by atoms with van der Waals surface area (Å²) in [6.07, 6.45) is 0.309. The SMILES string of the molecule is C=C(C)CN(C=O)S(=O)(=O)c1ccc(C)cc1. The van der Waals surface area contributed by atoms with Crippen LogP contribution in [0.2, 0.25) is 0 Å². The van der Waals surface area contributed by atoms with Gasteiger partial charge in [0.25, 0.3) is 10.0 Å². The Balaban J connectivity index is 3.12. The molecule has 5 heteroatoms. The van der Waals surface area contributed by atoms with Gasteiger partial charge in [0.15, 0.2) is 0 Å². The van der Waals surface area contributed by atoms with Gasteiger partial charge in [-0.1, -0.05) is 29.8 Å². The molecule has 0 bridgehead atoms. The third kappa shape index (κ3) is 3.17. The zero-order chi connectivity index (χ0) is 13.1. The Bertz CT molecular complexity index is 517.